The minimum Gasteiger partial charge on any atom is -0.506 e. The first-order chi connectivity index (χ1) is 25.2. The van der Waals surface area contributed by atoms with Gasteiger partial charge in [0.2, 0.25) is 10.0 Å². The third kappa shape index (κ3) is 8.60. The molecule has 2 atom stereocenters. The molecule has 3 aliphatic rings. The molecule has 10 nitrogen and oxygen atoms in total. The maximum Gasteiger partial charge on any atom is 0.241 e. The Morgan fingerprint density at radius 1 is 0.731 bits per heavy atom. The van der Waals surface area contributed by atoms with Gasteiger partial charge < -0.3 is 24.7 Å². The maximum atomic E-state index is 13.7. The lowest BCUT2D eigenvalue weighted by atomic mass is 9.70. The Morgan fingerprint density at radius 2 is 1.21 bits per heavy atom. The van der Waals surface area contributed by atoms with Gasteiger partial charge in [-0.3, -0.25) is 9.80 Å². The van der Waals surface area contributed by atoms with Crippen molar-refractivity contribution >= 4 is 44.9 Å². The lowest BCUT2D eigenvalue weighted by molar-refractivity contribution is 0.122. The molecule has 3 aromatic rings. The number of phenolic OH excluding ortho intramolecular Hbond substituents is 2. The van der Waals surface area contributed by atoms with Crippen LogP contribution in [0.1, 0.15) is 32.3 Å². The van der Waals surface area contributed by atoms with Crippen molar-refractivity contribution in [1.82, 2.24) is 14.5 Å². The molecule has 0 aromatic heterocycles. The second-order valence-corrected chi connectivity index (χ2v) is 18.4. The molecule has 3 aliphatic heterocycles. The average molecular weight is 770 g/mol. The molecule has 52 heavy (non-hydrogen) atoms. The average Bonchev–Trinajstić information content (AvgIpc) is 3.17. The van der Waals surface area contributed by atoms with Crippen LogP contribution in [-0.4, -0.2) is 130 Å². The van der Waals surface area contributed by atoms with E-state index < -0.39 is 15.4 Å². The first kappa shape index (κ1) is 38.9. The molecule has 3 heterocycles. The molecule has 2 unspecified atom stereocenters. The summed E-state index contributed by atoms with van der Waals surface area (Å²) >= 11 is 3.88. The van der Waals surface area contributed by atoms with Crippen LogP contribution in [0.5, 0.6) is 17.2 Å². The zero-order valence-electron chi connectivity index (χ0n) is 30.7. The Bertz CT molecular complexity index is 1650. The highest BCUT2D eigenvalue weighted by molar-refractivity contribution is 7.99. The predicted octanol–water partition coefficient (Wildman–Crippen LogP) is 5.30. The molecular weight excluding hydrogens is 715 g/mol. The van der Waals surface area contributed by atoms with Crippen molar-refractivity contribution in [2.24, 2.45) is 0 Å². The maximum absolute atomic E-state index is 13.7. The molecule has 2 fully saturated rings. The Hall–Kier alpha value is -2.81. The normalized spacial score (nSPS) is 22.1. The van der Waals surface area contributed by atoms with Crippen LogP contribution in [-0.2, 0) is 15.4 Å². The van der Waals surface area contributed by atoms with Crippen molar-refractivity contribution < 1.29 is 23.4 Å². The zero-order chi connectivity index (χ0) is 36.7. The van der Waals surface area contributed by atoms with Crippen LogP contribution in [0.15, 0.2) is 71.6 Å². The third-order valence-corrected chi connectivity index (χ3v) is 14.5. The summed E-state index contributed by atoms with van der Waals surface area (Å²) in [5.74, 6) is 5.15. The Kier molecular flexibility index (Phi) is 13.1. The van der Waals surface area contributed by atoms with Gasteiger partial charge in [-0.15, -0.1) is 0 Å². The summed E-state index contributed by atoms with van der Waals surface area (Å²) in [4.78, 5) is 10.1. The smallest absolute Gasteiger partial charge is 0.241 e. The number of sulfonamides is 1. The van der Waals surface area contributed by atoms with E-state index in [1.807, 2.05) is 66.0 Å². The number of rotatable bonds is 15. The standard InChI is InChI=1S/C39H55N5O5S3/c1-4-50-27-30(41-17-21-43(22-18-41)32-11-6-8-13-34(32)45)25-39(29-40-52(47,48)37-16-10-15-36(49-3)38(37)39)26-31(28-51-5-2)42-19-23-44(24-20-42)33-12-7-9-14-35(33)46/h6-16,30-31,40,45-46H,4-5,17-29H2,1-3H3. The molecule has 0 radical (unpaired) electrons. The molecule has 0 bridgehead atoms. The molecule has 0 saturated carbocycles. The number of nitrogens with zero attached hydrogens (tertiary/aromatic N) is 4. The van der Waals surface area contributed by atoms with Crippen molar-refractivity contribution in [2.45, 2.75) is 49.1 Å². The van der Waals surface area contributed by atoms with Crippen molar-refractivity contribution in [3.63, 3.8) is 0 Å². The van der Waals surface area contributed by atoms with Gasteiger partial charge in [0.25, 0.3) is 0 Å². The van der Waals surface area contributed by atoms with Crippen LogP contribution >= 0.6 is 23.5 Å². The van der Waals surface area contributed by atoms with Gasteiger partial charge in [-0.25, -0.2) is 13.1 Å². The SMILES string of the molecule is CCSCC(CC1(CC(CSCC)N2CCN(c3ccccc3O)CC2)CNS(=O)(=O)c2cccc(OC)c21)N1CCN(c2ccccc2O)CC1. The number of methoxy groups -OCH3 is 1. The van der Waals surface area contributed by atoms with Gasteiger partial charge in [-0.2, -0.15) is 23.5 Å². The number of para-hydroxylation sites is 4. The number of ether oxygens (including phenoxy) is 1. The second kappa shape index (κ2) is 17.6. The Balaban J connectivity index is 1.33. The number of nitrogens with one attached hydrogen (secondary N) is 1. The highest BCUT2D eigenvalue weighted by atomic mass is 32.2. The van der Waals surface area contributed by atoms with Crippen LogP contribution in [0.3, 0.4) is 0 Å². The fourth-order valence-corrected chi connectivity index (χ4v) is 11.5. The Morgan fingerprint density at radius 3 is 1.65 bits per heavy atom. The molecule has 2 saturated heterocycles. The van der Waals surface area contributed by atoms with E-state index in [1.165, 1.54) is 0 Å². The number of thioether (sulfide) groups is 2. The van der Waals surface area contributed by atoms with E-state index in [0.717, 1.165) is 105 Å². The van der Waals surface area contributed by atoms with E-state index in [0.29, 0.717) is 28.7 Å². The largest absolute Gasteiger partial charge is 0.506 e. The highest BCUT2D eigenvalue weighted by Gasteiger charge is 2.48. The van der Waals surface area contributed by atoms with Crippen LogP contribution in [0.25, 0.3) is 0 Å². The molecule has 3 aromatic carbocycles. The summed E-state index contributed by atoms with van der Waals surface area (Å²) in [6.07, 6.45) is 1.58. The Labute approximate surface area is 318 Å². The van der Waals surface area contributed by atoms with Crippen LogP contribution < -0.4 is 19.3 Å². The van der Waals surface area contributed by atoms with Gasteiger partial charge in [-0.1, -0.05) is 44.2 Å². The second-order valence-electron chi connectivity index (χ2n) is 14.0. The zero-order valence-corrected chi connectivity index (χ0v) is 33.2. The van der Waals surface area contributed by atoms with Crippen molar-refractivity contribution in [3.05, 3.63) is 72.3 Å². The molecule has 6 rings (SSSR count). The van der Waals surface area contributed by atoms with E-state index >= 15 is 0 Å². The highest BCUT2D eigenvalue weighted by Crippen LogP contribution is 2.47. The minimum atomic E-state index is -3.71. The van der Waals surface area contributed by atoms with Gasteiger partial charge in [-0.05, 0) is 60.7 Å². The van der Waals surface area contributed by atoms with Gasteiger partial charge in [0, 0.05) is 93.5 Å². The molecule has 0 spiro atoms. The molecule has 284 valence electrons. The predicted molar refractivity (Wildman–Crippen MR) is 216 cm³/mol. The third-order valence-electron chi connectivity index (χ3n) is 11.0. The number of fused-ring (bicyclic) bond motifs is 1. The summed E-state index contributed by atoms with van der Waals surface area (Å²) in [7, 11) is -2.06. The van der Waals surface area contributed by atoms with Gasteiger partial charge >= 0.3 is 0 Å². The van der Waals surface area contributed by atoms with Crippen molar-refractivity contribution in [1.29, 1.82) is 0 Å². The summed E-state index contributed by atoms with van der Waals surface area (Å²) in [5.41, 5.74) is 2.04. The molecule has 3 N–H and O–H groups in total. The fourth-order valence-electron chi connectivity index (χ4n) is 8.37. The molecule has 0 aliphatic carbocycles. The van der Waals surface area contributed by atoms with E-state index in [9.17, 15) is 18.6 Å². The van der Waals surface area contributed by atoms with E-state index in [1.54, 1.807) is 31.4 Å². The molecular formula is C39H55N5O5S3. The lowest BCUT2D eigenvalue weighted by Crippen LogP contribution is -2.58. The van der Waals surface area contributed by atoms with Gasteiger partial charge in [0.1, 0.15) is 17.2 Å². The number of phenols is 2. The van der Waals surface area contributed by atoms with E-state index in [-0.39, 0.29) is 12.1 Å². The number of aromatic hydroxyl groups is 2. The molecule has 13 heteroatoms. The van der Waals surface area contributed by atoms with Crippen molar-refractivity contribution in [3.8, 4) is 17.2 Å². The van der Waals surface area contributed by atoms with Crippen LogP contribution in [0.4, 0.5) is 11.4 Å². The summed E-state index contributed by atoms with van der Waals surface area (Å²) in [6, 6.07) is 21.0. The summed E-state index contributed by atoms with van der Waals surface area (Å²) in [6.45, 7) is 11.4. The number of hydrogen-bond donors (Lipinski definition) is 3. The first-order valence-electron chi connectivity index (χ1n) is 18.6. The topological polar surface area (TPSA) is 109 Å². The number of anilines is 2. The fraction of sp³-hybridized carbons (Fsp3) is 0.538. The van der Waals surface area contributed by atoms with E-state index in [4.69, 9.17) is 4.74 Å². The van der Waals surface area contributed by atoms with Gasteiger partial charge in [0.15, 0.2) is 0 Å². The number of benzene rings is 3. The van der Waals surface area contributed by atoms with Crippen LogP contribution in [0.2, 0.25) is 0 Å². The lowest BCUT2D eigenvalue weighted by Gasteiger charge is -2.49. The van der Waals surface area contributed by atoms with E-state index in [2.05, 4.69) is 38.2 Å². The van der Waals surface area contributed by atoms with Gasteiger partial charge in [0.05, 0.1) is 23.4 Å². The van der Waals surface area contributed by atoms with Crippen molar-refractivity contribution in [2.75, 3.05) is 98.8 Å². The minimum absolute atomic E-state index is 0.203. The monoisotopic (exact) mass is 769 g/mol. The summed E-state index contributed by atoms with van der Waals surface area (Å²) < 4.78 is 36.5. The first-order valence-corrected chi connectivity index (χ1v) is 22.4. The number of hydrogen-bond acceptors (Lipinski definition) is 11. The quantitative estimate of drug-likeness (QED) is 0.188. The van der Waals surface area contributed by atoms with Crippen LogP contribution in [0, 0.1) is 0 Å². The molecule has 0 amide bonds. The summed E-state index contributed by atoms with van der Waals surface area (Å²) in [5, 5.41) is 21.2. The number of piperazine rings is 2.